The Labute approximate surface area is 177 Å². The van der Waals surface area contributed by atoms with Gasteiger partial charge in [-0.3, -0.25) is 4.90 Å². The fourth-order valence-electron chi connectivity index (χ4n) is 3.24. The molecular formula is C21H30N6O3. The fraction of sp³-hybridized carbons (Fsp3) is 0.524. The van der Waals surface area contributed by atoms with E-state index in [0.29, 0.717) is 25.5 Å². The van der Waals surface area contributed by atoms with Gasteiger partial charge in [0.1, 0.15) is 11.4 Å². The van der Waals surface area contributed by atoms with Gasteiger partial charge in [-0.25, -0.2) is 9.89 Å². The number of tetrazole rings is 1. The Bertz CT molecular complexity index is 852. The van der Waals surface area contributed by atoms with Crippen molar-refractivity contribution in [1.82, 2.24) is 30.4 Å². The van der Waals surface area contributed by atoms with Crippen molar-refractivity contribution in [3.05, 3.63) is 35.2 Å². The van der Waals surface area contributed by atoms with Gasteiger partial charge in [-0.2, -0.15) is 0 Å². The molecule has 1 saturated heterocycles. The summed E-state index contributed by atoms with van der Waals surface area (Å²) >= 11 is 0. The first-order valence-corrected chi connectivity index (χ1v) is 10.2. The third kappa shape index (κ3) is 6.03. The molecule has 9 heteroatoms. The van der Waals surface area contributed by atoms with Gasteiger partial charge in [-0.15, -0.1) is 5.10 Å². The average Bonchev–Trinajstić information content (AvgIpc) is 3.21. The van der Waals surface area contributed by atoms with Crippen LogP contribution in [0.25, 0.3) is 12.2 Å². The van der Waals surface area contributed by atoms with Crippen molar-refractivity contribution < 1.29 is 14.3 Å². The van der Waals surface area contributed by atoms with E-state index in [0.717, 1.165) is 36.5 Å². The van der Waals surface area contributed by atoms with Crippen LogP contribution in [-0.2, 0) is 11.3 Å². The van der Waals surface area contributed by atoms with E-state index in [2.05, 4.69) is 31.6 Å². The lowest BCUT2D eigenvalue weighted by molar-refractivity contribution is 0.0138. The van der Waals surface area contributed by atoms with Gasteiger partial charge < -0.3 is 14.4 Å². The lowest BCUT2D eigenvalue weighted by atomic mass is 10.0. The van der Waals surface area contributed by atoms with Crippen LogP contribution in [0.2, 0.25) is 0 Å². The molecule has 1 aromatic carbocycles. The molecule has 162 valence electrons. The third-order valence-electron chi connectivity index (χ3n) is 4.66. The number of aromatic nitrogens is 4. The summed E-state index contributed by atoms with van der Waals surface area (Å²) in [6, 6.07) is 6.02. The van der Waals surface area contributed by atoms with Gasteiger partial charge in [0.15, 0.2) is 5.82 Å². The Balaban J connectivity index is 1.69. The number of nitrogens with one attached hydrogen (secondary N) is 1. The molecule has 0 spiro atoms. The summed E-state index contributed by atoms with van der Waals surface area (Å²) in [7, 11) is 0. The molecule has 1 amide bonds. The molecule has 0 aliphatic carbocycles. The molecule has 0 radical (unpaired) electrons. The maximum atomic E-state index is 12.3. The largest absolute Gasteiger partial charge is 0.494 e. The number of ether oxygens (including phenoxy) is 2. The number of hydrogen-bond donors (Lipinski definition) is 1. The van der Waals surface area contributed by atoms with Crippen LogP contribution in [0.1, 0.15) is 44.6 Å². The van der Waals surface area contributed by atoms with Crippen molar-refractivity contribution in [2.24, 2.45) is 0 Å². The first kappa shape index (κ1) is 21.8. The molecule has 1 N–H and O–H groups in total. The fourth-order valence-corrected chi connectivity index (χ4v) is 3.24. The van der Waals surface area contributed by atoms with Crippen LogP contribution in [-0.4, -0.2) is 74.9 Å². The van der Waals surface area contributed by atoms with Gasteiger partial charge in [0, 0.05) is 38.3 Å². The van der Waals surface area contributed by atoms with Crippen LogP contribution < -0.4 is 4.74 Å². The van der Waals surface area contributed by atoms with E-state index in [1.807, 2.05) is 52.0 Å². The quantitative estimate of drug-likeness (QED) is 0.776. The number of nitrogens with zero attached hydrogens (tertiary/aromatic N) is 5. The zero-order valence-corrected chi connectivity index (χ0v) is 18.1. The topological polar surface area (TPSA) is 96.5 Å². The maximum Gasteiger partial charge on any atom is 0.410 e. The van der Waals surface area contributed by atoms with E-state index in [9.17, 15) is 4.79 Å². The predicted molar refractivity (Wildman–Crippen MR) is 114 cm³/mol. The predicted octanol–water partition coefficient (Wildman–Crippen LogP) is 2.82. The van der Waals surface area contributed by atoms with Crippen molar-refractivity contribution in [2.45, 2.75) is 39.8 Å². The van der Waals surface area contributed by atoms with E-state index in [1.54, 1.807) is 4.90 Å². The molecule has 0 bridgehead atoms. The maximum absolute atomic E-state index is 12.3. The van der Waals surface area contributed by atoms with E-state index in [-0.39, 0.29) is 6.09 Å². The van der Waals surface area contributed by atoms with Crippen LogP contribution in [0.5, 0.6) is 5.75 Å². The minimum absolute atomic E-state index is 0.249. The molecule has 30 heavy (non-hydrogen) atoms. The minimum atomic E-state index is -0.481. The zero-order valence-electron chi connectivity index (χ0n) is 18.1. The Hall–Kier alpha value is -2.94. The van der Waals surface area contributed by atoms with Gasteiger partial charge in [0.25, 0.3) is 0 Å². The molecule has 0 atom stereocenters. The number of rotatable bonds is 6. The molecule has 3 rings (SSSR count). The second-order valence-corrected chi connectivity index (χ2v) is 8.12. The Morgan fingerprint density at radius 3 is 2.60 bits per heavy atom. The van der Waals surface area contributed by atoms with Gasteiger partial charge in [0.05, 0.1) is 6.61 Å². The lowest BCUT2D eigenvalue weighted by Crippen LogP contribution is -2.49. The highest BCUT2D eigenvalue weighted by Gasteiger charge is 2.26. The molecule has 9 nitrogen and oxygen atoms in total. The number of hydrogen-bond acceptors (Lipinski definition) is 7. The van der Waals surface area contributed by atoms with Crippen molar-refractivity contribution >= 4 is 18.2 Å². The summed E-state index contributed by atoms with van der Waals surface area (Å²) in [6.07, 6.45) is 3.58. The molecule has 0 unspecified atom stereocenters. The molecule has 1 aromatic heterocycles. The van der Waals surface area contributed by atoms with Crippen molar-refractivity contribution in [3.8, 4) is 5.75 Å². The first-order chi connectivity index (χ1) is 14.4. The molecule has 2 heterocycles. The number of carbonyl (C=O) groups is 1. The molecule has 1 fully saturated rings. The van der Waals surface area contributed by atoms with E-state index < -0.39 is 5.60 Å². The van der Waals surface area contributed by atoms with Gasteiger partial charge in [0.2, 0.25) is 0 Å². The van der Waals surface area contributed by atoms with Crippen molar-refractivity contribution in [1.29, 1.82) is 0 Å². The normalized spacial score (nSPS) is 15.5. The van der Waals surface area contributed by atoms with E-state index in [4.69, 9.17) is 9.47 Å². The Morgan fingerprint density at radius 2 is 1.97 bits per heavy atom. The average molecular weight is 415 g/mol. The summed E-state index contributed by atoms with van der Waals surface area (Å²) in [6.45, 7) is 11.8. The summed E-state index contributed by atoms with van der Waals surface area (Å²) in [5.74, 6) is 1.46. The first-order valence-electron chi connectivity index (χ1n) is 10.2. The number of amides is 1. The van der Waals surface area contributed by atoms with Gasteiger partial charge in [-0.1, -0.05) is 18.2 Å². The third-order valence-corrected chi connectivity index (χ3v) is 4.66. The lowest BCUT2D eigenvalue weighted by Gasteiger charge is -2.36. The number of H-pyrrole nitrogens is 1. The highest BCUT2D eigenvalue weighted by atomic mass is 16.6. The summed E-state index contributed by atoms with van der Waals surface area (Å²) in [5.41, 5.74) is 1.67. The number of piperazine rings is 1. The highest BCUT2D eigenvalue weighted by Crippen LogP contribution is 2.26. The Kier molecular flexibility index (Phi) is 7.04. The molecule has 0 saturated carbocycles. The summed E-state index contributed by atoms with van der Waals surface area (Å²) in [5, 5.41) is 13.8. The highest BCUT2D eigenvalue weighted by molar-refractivity contribution is 5.70. The van der Waals surface area contributed by atoms with Crippen LogP contribution >= 0.6 is 0 Å². The number of benzene rings is 1. The number of aromatic amines is 1. The van der Waals surface area contributed by atoms with Crippen LogP contribution in [0.3, 0.4) is 0 Å². The molecule has 2 aromatic rings. The Morgan fingerprint density at radius 1 is 1.20 bits per heavy atom. The summed E-state index contributed by atoms with van der Waals surface area (Å²) in [4.78, 5) is 16.4. The van der Waals surface area contributed by atoms with Crippen molar-refractivity contribution in [2.75, 3.05) is 32.8 Å². The van der Waals surface area contributed by atoms with Gasteiger partial charge >= 0.3 is 6.09 Å². The smallest absolute Gasteiger partial charge is 0.410 e. The van der Waals surface area contributed by atoms with E-state index in [1.165, 1.54) is 0 Å². The van der Waals surface area contributed by atoms with Crippen LogP contribution in [0.4, 0.5) is 4.79 Å². The van der Waals surface area contributed by atoms with E-state index >= 15 is 0 Å². The van der Waals surface area contributed by atoms with Crippen LogP contribution in [0.15, 0.2) is 18.2 Å². The second-order valence-electron chi connectivity index (χ2n) is 8.12. The molecule has 1 aliphatic rings. The second kappa shape index (κ2) is 9.71. The SMILES string of the molecule is CCOc1cccc(/C=C/c2nnn[nH]2)c1CN1CCN(C(=O)OC(C)(C)C)CC1. The monoisotopic (exact) mass is 414 g/mol. The number of carbonyl (C=O) groups excluding carboxylic acids is 1. The molecule has 1 aliphatic heterocycles. The minimum Gasteiger partial charge on any atom is -0.494 e. The molecular weight excluding hydrogens is 384 g/mol. The zero-order chi connectivity index (χ0) is 21.6. The van der Waals surface area contributed by atoms with Crippen molar-refractivity contribution in [3.63, 3.8) is 0 Å². The van der Waals surface area contributed by atoms with Gasteiger partial charge in [-0.05, 0) is 55.8 Å². The summed E-state index contributed by atoms with van der Waals surface area (Å²) < 4.78 is 11.4. The van der Waals surface area contributed by atoms with Crippen LogP contribution in [0, 0.1) is 0 Å². The standard InChI is InChI=1S/C21H30N6O3/c1-5-29-18-8-6-7-16(9-10-19-22-24-25-23-19)17(18)15-26-11-13-27(14-12-26)20(28)30-21(2,3)4/h6-10H,5,11-15H2,1-4H3,(H,22,23,24,25)/b10-9+.